The number of rotatable bonds is 5. The van der Waals surface area contributed by atoms with E-state index in [0.29, 0.717) is 0 Å². The Morgan fingerprint density at radius 3 is 2.57 bits per heavy atom. The summed E-state index contributed by atoms with van der Waals surface area (Å²) in [5.41, 5.74) is 0.501. The van der Waals surface area contributed by atoms with E-state index in [1.165, 1.54) is 6.20 Å². The Morgan fingerprint density at radius 1 is 1.38 bits per heavy atom. The summed E-state index contributed by atoms with van der Waals surface area (Å²) in [6.45, 7) is 1.76. The van der Waals surface area contributed by atoms with Gasteiger partial charge in [0.2, 0.25) is 0 Å². The number of anilines is 1. The van der Waals surface area contributed by atoms with Gasteiger partial charge in [0, 0.05) is 16.8 Å². The second-order valence-corrected chi connectivity index (χ2v) is 4.60. The maximum Gasteiger partial charge on any atom is 0.414 e. The summed E-state index contributed by atoms with van der Waals surface area (Å²) >= 11 is 1.61. The van der Waals surface area contributed by atoms with Crippen LogP contribution < -0.4 is 10.6 Å². The third-order valence-electron chi connectivity index (χ3n) is 2.33. The summed E-state index contributed by atoms with van der Waals surface area (Å²) in [6.07, 6.45) is 2.33. The molecule has 2 N–H and O–H groups in total. The van der Waals surface area contributed by atoms with Crippen molar-refractivity contribution in [2.24, 2.45) is 0 Å². The van der Waals surface area contributed by atoms with Crippen LogP contribution in [0.1, 0.15) is 6.92 Å². The first kappa shape index (κ1) is 16.6. The third kappa shape index (κ3) is 5.58. The molecular weight excluding hydrogens is 290 g/mol. The van der Waals surface area contributed by atoms with Crippen LogP contribution in [0.5, 0.6) is 0 Å². The lowest BCUT2D eigenvalue weighted by atomic mass is 10.3. The van der Waals surface area contributed by atoms with E-state index in [0.717, 1.165) is 10.6 Å². The Labute approximate surface area is 127 Å². The number of imide groups is 1. The van der Waals surface area contributed by atoms with Crippen molar-refractivity contribution in [1.29, 1.82) is 5.26 Å². The van der Waals surface area contributed by atoms with Crippen molar-refractivity contribution >= 4 is 29.4 Å². The minimum Gasteiger partial charge on any atom is -0.450 e. The zero-order valence-corrected chi connectivity index (χ0v) is 12.5. The number of carbonyl (C=O) groups excluding carboxylic acids is 2. The number of amides is 2. The van der Waals surface area contributed by atoms with Gasteiger partial charge in [-0.05, 0) is 37.4 Å². The van der Waals surface area contributed by atoms with Crippen molar-refractivity contribution in [3.05, 3.63) is 36.0 Å². The van der Waals surface area contributed by atoms with E-state index in [-0.39, 0.29) is 12.2 Å². The van der Waals surface area contributed by atoms with Crippen LogP contribution in [-0.4, -0.2) is 24.9 Å². The molecule has 0 spiro atoms. The number of benzene rings is 1. The third-order valence-corrected chi connectivity index (χ3v) is 3.07. The van der Waals surface area contributed by atoms with Gasteiger partial charge in [-0.1, -0.05) is 0 Å². The minimum absolute atomic E-state index is 0.144. The molecule has 21 heavy (non-hydrogen) atoms. The molecule has 1 aromatic carbocycles. The number of hydrogen-bond donors (Lipinski definition) is 2. The molecule has 0 fully saturated rings. The maximum absolute atomic E-state index is 11.6. The highest BCUT2D eigenvalue weighted by Crippen LogP contribution is 2.17. The van der Waals surface area contributed by atoms with Crippen molar-refractivity contribution in [3.8, 4) is 6.07 Å². The lowest BCUT2D eigenvalue weighted by Gasteiger charge is -2.04. The zero-order valence-electron chi connectivity index (χ0n) is 11.7. The zero-order chi connectivity index (χ0) is 15.7. The maximum atomic E-state index is 11.6. The monoisotopic (exact) mass is 305 g/mol. The van der Waals surface area contributed by atoms with Gasteiger partial charge >= 0.3 is 6.09 Å². The summed E-state index contributed by atoms with van der Waals surface area (Å²) in [5, 5.41) is 13.7. The van der Waals surface area contributed by atoms with Crippen LogP contribution >= 0.6 is 11.8 Å². The van der Waals surface area contributed by atoms with Gasteiger partial charge in [0.05, 0.1) is 6.61 Å². The van der Waals surface area contributed by atoms with Gasteiger partial charge in [0.15, 0.2) is 0 Å². The van der Waals surface area contributed by atoms with Gasteiger partial charge in [-0.2, -0.15) is 5.26 Å². The number of alkyl carbamates (subject to hydrolysis) is 1. The lowest BCUT2D eigenvalue weighted by Crippen LogP contribution is -2.32. The number of hydrogen-bond acceptors (Lipinski definition) is 6. The molecule has 1 rings (SSSR count). The van der Waals surface area contributed by atoms with Crippen LogP contribution in [0.25, 0.3) is 0 Å². The van der Waals surface area contributed by atoms with E-state index >= 15 is 0 Å². The Balaban J connectivity index is 2.68. The standard InChI is InChI=1S/C14H15N3O3S/c1-3-20-14(19)17-13(18)10(8-15)9-16-11-4-6-12(21-2)7-5-11/h4-7,9,16H,3H2,1-2H3,(H,17,18,19). The summed E-state index contributed by atoms with van der Waals surface area (Å²) < 4.78 is 4.57. The van der Waals surface area contributed by atoms with Gasteiger partial charge in [0.25, 0.3) is 5.91 Å². The summed E-state index contributed by atoms with van der Waals surface area (Å²) in [7, 11) is 0. The molecule has 0 heterocycles. The van der Waals surface area contributed by atoms with Crippen LogP contribution in [0.3, 0.4) is 0 Å². The first-order valence-electron chi connectivity index (χ1n) is 6.09. The summed E-state index contributed by atoms with van der Waals surface area (Å²) in [4.78, 5) is 23.8. The SMILES string of the molecule is CCOC(=O)NC(=O)C(C#N)=CNc1ccc(SC)cc1. The molecule has 0 radical (unpaired) electrons. The lowest BCUT2D eigenvalue weighted by molar-refractivity contribution is -0.116. The Morgan fingerprint density at radius 2 is 2.05 bits per heavy atom. The first-order chi connectivity index (χ1) is 10.1. The van der Waals surface area contributed by atoms with Gasteiger partial charge in [-0.3, -0.25) is 10.1 Å². The van der Waals surface area contributed by atoms with Gasteiger partial charge in [0.1, 0.15) is 11.6 Å². The fourth-order valence-electron chi connectivity index (χ4n) is 1.32. The normalized spacial score (nSPS) is 10.4. The Bertz CT molecular complexity index is 576. The van der Waals surface area contributed by atoms with Crippen LogP contribution in [-0.2, 0) is 9.53 Å². The quantitative estimate of drug-likeness (QED) is 0.493. The van der Waals surface area contributed by atoms with E-state index in [1.807, 2.05) is 35.8 Å². The van der Waals surface area contributed by atoms with Crippen LogP contribution in [0.15, 0.2) is 40.9 Å². The number of thioether (sulfide) groups is 1. The number of nitriles is 1. The summed E-state index contributed by atoms with van der Waals surface area (Å²) in [5.74, 6) is -0.816. The average molecular weight is 305 g/mol. The molecule has 0 saturated carbocycles. The fraction of sp³-hybridized carbons (Fsp3) is 0.214. The highest BCUT2D eigenvalue weighted by atomic mass is 32.2. The summed E-state index contributed by atoms with van der Waals surface area (Å²) in [6, 6.07) is 9.17. The molecule has 1 aromatic rings. The highest BCUT2D eigenvalue weighted by Gasteiger charge is 2.13. The van der Waals surface area contributed by atoms with Crippen LogP contribution in [0.4, 0.5) is 10.5 Å². The van der Waals surface area contributed by atoms with Gasteiger partial charge < -0.3 is 10.1 Å². The fourth-order valence-corrected chi connectivity index (χ4v) is 1.73. The molecule has 2 amide bonds. The van der Waals surface area contributed by atoms with E-state index in [2.05, 4.69) is 10.1 Å². The number of carbonyl (C=O) groups is 2. The molecule has 6 nitrogen and oxygen atoms in total. The molecule has 0 aliphatic heterocycles. The van der Waals surface area contributed by atoms with E-state index < -0.39 is 12.0 Å². The van der Waals surface area contributed by atoms with Crippen LogP contribution in [0, 0.1) is 11.3 Å². The Hall–Kier alpha value is -2.46. The molecule has 0 unspecified atom stereocenters. The van der Waals surface area contributed by atoms with Crippen molar-refractivity contribution in [2.75, 3.05) is 18.2 Å². The molecule has 110 valence electrons. The molecule has 0 aromatic heterocycles. The Kier molecular flexibility index (Phi) is 6.84. The van der Waals surface area contributed by atoms with E-state index in [1.54, 1.807) is 24.8 Å². The van der Waals surface area contributed by atoms with Crippen molar-refractivity contribution in [1.82, 2.24) is 5.32 Å². The van der Waals surface area contributed by atoms with E-state index in [4.69, 9.17) is 5.26 Å². The largest absolute Gasteiger partial charge is 0.450 e. The number of nitrogens with zero attached hydrogens (tertiary/aromatic N) is 1. The minimum atomic E-state index is -0.882. The second-order valence-electron chi connectivity index (χ2n) is 3.72. The topological polar surface area (TPSA) is 91.2 Å². The van der Waals surface area contributed by atoms with E-state index in [9.17, 15) is 9.59 Å². The second kappa shape index (κ2) is 8.66. The van der Waals surface area contributed by atoms with Gasteiger partial charge in [-0.15, -0.1) is 11.8 Å². The van der Waals surface area contributed by atoms with Crippen molar-refractivity contribution < 1.29 is 14.3 Å². The average Bonchev–Trinajstić information content (AvgIpc) is 2.48. The molecule has 0 atom stereocenters. The molecule has 0 bridgehead atoms. The highest BCUT2D eigenvalue weighted by molar-refractivity contribution is 7.98. The molecule has 0 saturated heterocycles. The molecule has 0 aliphatic rings. The number of ether oxygens (including phenoxy) is 1. The predicted molar refractivity (Wildman–Crippen MR) is 80.7 cm³/mol. The van der Waals surface area contributed by atoms with Gasteiger partial charge in [-0.25, -0.2) is 4.79 Å². The first-order valence-corrected chi connectivity index (χ1v) is 7.32. The molecular formula is C14H15N3O3S. The van der Waals surface area contributed by atoms with Crippen molar-refractivity contribution in [3.63, 3.8) is 0 Å². The molecule has 0 aliphatic carbocycles. The molecule has 7 heteroatoms. The number of nitrogens with one attached hydrogen (secondary N) is 2. The van der Waals surface area contributed by atoms with Crippen molar-refractivity contribution in [2.45, 2.75) is 11.8 Å². The van der Waals surface area contributed by atoms with Crippen LogP contribution in [0.2, 0.25) is 0 Å². The predicted octanol–water partition coefficient (Wildman–Crippen LogP) is 2.50. The smallest absolute Gasteiger partial charge is 0.414 e.